The number of carbonyl (C=O) groups is 1. The number of nitrogens with one attached hydrogen (secondary N) is 3. The molecule has 1 atom stereocenters. The highest BCUT2D eigenvalue weighted by molar-refractivity contribution is 14.0. The Balaban J connectivity index is 0. The van der Waals surface area contributed by atoms with Crippen LogP contribution < -0.4 is 16.0 Å². The van der Waals surface area contributed by atoms with Crippen molar-refractivity contribution in [2.75, 3.05) is 33.8 Å². The maximum absolute atomic E-state index is 11.5. The predicted octanol–water partition coefficient (Wildman–Crippen LogP) is 2.36. The monoisotopic (exact) mass is 458 g/mol. The van der Waals surface area contributed by atoms with Crippen molar-refractivity contribution in [2.24, 2.45) is 10.4 Å². The van der Waals surface area contributed by atoms with E-state index in [-0.39, 0.29) is 35.5 Å². The number of aliphatic imine (C=N–C) groups is 1. The van der Waals surface area contributed by atoms with Crippen LogP contribution in [0.3, 0.4) is 0 Å². The average Bonchev–Trinajstić information content (AvgIpc) is 2.38. The molecule has 3 N–H and O–H groups in total. The summed E-state index contributed by atoms with van der Waals surface area (Å²) in [5.74, 6) is 0.669. The number of guanidine groups is 1. The molecule has 0 aliphatic rings. The summed E-state index contributed by atoms with van der Waals surface area (Å²) in [4.78, 5) is 15.7. The van der Waals surface area contributed by atoms with Crippen LogP contribution >= 0.6 is 24.0 Å². The molecular formula is C16H35IN4O3. The third-order valence-electron chi connectivity index (χ3n) is 3.01. The average molecular weight is 458 g/mol. The number of alkyl carbamates (subject to hydrolysis) is 1. The Morgan fingerprint density at radius 2 is 1.58 bits per heavy atom. The van der Waals surface area contributed by atoms with Gasteiger partial charge in [-0.25, -0.2) is 4.79 Å². The first-order valence-corrected chi connectivity index (χ1v) is 7.93. The number of carbonyl (C=O) groups excluding carboxylic acids is 1. The van der Waals surface area contributed by atoms with E-state index in [4.69, 9.17) is 9.47 Å². The lowest BCUT2D eigenvalue weighted by Gasteiger charge is -2.30. The standard InChI is InChI=1S/C16H34N4O3.HI/c1-15(2,3)12(22-8)11-20-13(17-7)18-9-10-19-14(21)23-16(4,5)6;/h12H,9-11H2,1-8H3,(H,19,21)(H2,17,18,20);1H. The van der Waals surface area contributed by atoms with Crippen molar-refractivity contribution in [2.45, 2.75) is 53.2 Å². The van der Waals surface area contributed by atoms with Gasteiger partial charge in [-0.1, -0.05) is 20.8 Å². The van der Waals surface area contributed by atoms with Gasteiger partial charge in [0.2, 0.25) is 0 Å². The number of nitrogens with zero attached hydrogens (tertiary/aromatic N) is 1. The SMILES string of the molecule is CN=C(NCCNC(=O)OC(C)(C)C)NCC(OC)C(C)(C)C.I. The van der Waals surface area contributed by atoms with Crippen molar-refractivity contribution >= 4 is 36.0 Å². The summed E-state index contributed by atoms with van der Waals surface area (Å²) in [5.41, 5.74) is -0.448. The summed E-state index contributed by atoms with van der Waals surface area (Å²) >= 11 is 0. The zero-order chi connectivity index (χ0) is 18.1. The first-order valence-electron chi connectivity index (χ1n) is 7.93. The molecule has 0 aliphatic carbocycles. The summed E-state index contributed by atoms with van der Waals surface area (Å²) in [6, 6.07) is 0. The van der Waals surface area contributed by atoms with Crippen molar-refractivity contribution in [1.29, 1.82) is 0 Å². The van der Waals surface area contributed by atoms with Crippen molar-refractivity contribution in [3.8, 4) is 0 Å². The van der Waals surface area contributed by atoms with Gasteiger partial charge in [-0.05, 0) is 26.2 Å². The number of halogens is 1. The van der Waals surface area contributed by atoms with Crippen LogP contribution in [0, 0.1) is 5.41 Å². The summed E-state index contributed by atoms with van der Waals surface area (Å²) in [6.45, 7) is 13.5. The fraction of sp³-hybridized carbons (Fsp3) is 0.875. The molecule has 0 bridgehead atoms. The molecule has 0 heterocycles. The van der Waals surface area contributed by atoms with E-state index in [2.05, 4.69) is 41.7 Å². The molecule has 0 aromatic carbocycles. The van der Waals surface area contributed by atoms with Crippen molar-refractivity contribution in [1.82, 2.24) is 16.0 Å². The number of hydrogen-bond acceptors (Lipinski definition) is 4. The topological polar surface area (TPSA) is 84.0 Å². The van der Waals surface area contributed by atoms with Gasteiger partial charge in [0, 0.05) is 33.8 Å². The Hall–Kier alpha value is -0.770. The maximum Gasteiger partial charge on any atom is 0.407 e. The fourth-order valence-electron chi connectivity index (χ4n) is 1.81. The highest BCUT2D eigenvalue weighted by Crippen LogP contribution is 2.20. The van der Waals surface area contributed by atoms with Crippen LogP contribution in [0.2, 0.25) is 0 Å². The highest BCUT2D eigenvalue weighted by atomic mass is 127. The van der Waals surface area contributed by atoms with E-state index in [0.717, 1.165) is 0 Å². The van der Waals surface area contributed by atoms with E-state index in [1.807, 2.05) is 20.8 Å². The van der Waals surface area contributed by atoms with E-state index in [0.29, 0.717) is 25.6 Å². The van der Waals surface area contributed by atoms with E-state index >= 15 is 0 Å². The van der Waals surface area contributed by atoms with Crippen molar-refractivity contribution in [3.63, 3.8) is 0 Å². The predicted molar refractivity (Wildman–Crippen MR) is 109 cm³/mol. The zero-order valence-electron chi connectivity index (χ0n) is 16.3. The minimum absolute atomic E-state index is 0. The van der Waals surface area contributed by atoms with E-state index in [9.17, 15) is 4.79 Å². The Morgan fingerprint density at radius 1 is 1.04 bits per heavy atom. The van der Waals surface area contributed by atoms with Crippen LogP contribution in [0.5, 0.6) is 0 Å². The van der Waals surface area contributed by atoms with Crippen LogP contribution in [0.25, 0.3) is 0 Å². The van der Waals surface area contributed by atoms with Gasteiger partial charge in [-0.3, -0.25) is 4.99 Å². The Morgan fingerprint density at radius 3 is 2.00 bits per heavy atom. The highest BCUT2D eigenvalue weighted by Gasteiger charge is 2.24. The quantitative estimate of drug-likeness (QED) is 0.246. The maximum atomic E-state index is 11.5. The van der Waals surface area contributed by atoms with E-state index < -0.39 is 11.7 Å². The molecule has 0 radical (unpaired) electrons. The van der Waals surface area contributed by atoms with Gasteiger partial charge < -0.3 is 25.4 Å². The third-order valence-corrected chi connectivity index (χ3v) is 3.01. The molecule has 0 aliphatic heterocycles. The smallest absolute Gasteiger partial charge is 0.407 e. The number of hydrogen-bond donors (Lipinski definition) is 3. The minimum Gasteiger partial charge on any atom is -0.444 e. The van der Waals surface area contributed by atoms with E-state index in [1.165, 1.54) is 0 Å². The summed E-state index contributed by atoms with van der Waals surface area (Å²) in [5, 5.41) is 9.04. The van der Waals surface area contributed by atoms with Crippen LogP contribution in [-0.4, -0.2) is 57.5 Å². The summed E-state index contributed by atoms with van der Waals surface area (Å²) < 4.78 is 10.7. The van der Waals surface area contributed by atoms with Gasteiger partial charge in [0.1, 0.15) is 5.60 Å². The van der Waals surface area contributed by atoms with Crippen LogP contribution in [0.1, 0.15) is 41.5 Å². The number of methoxy groups -OCH3 is 1. The molecule has 0 aromatic rings. The molecule has 0 rings (SSSR count). The van der Waals surface area contributed by atoms with Crippen LogP contribution in [0.4, 0.5) is 4.79 Å². The zero-order valence-corrected chi connectivity index (χ0v) is 18.6. The lowest BCUT2D eigenvalue weighted by atomic mass is 9.89. The molecule has 1 amide bonds. The van der Waals surface area contributed by atoms with Crippen LogP contribution in [-0.2, 0) is 9.47 Å². The van der Waals surface area contributed by atoms with Gasteiger partial charge in [-0.15, -0.1) is 24.0 Å². The molecule has 0 saturated heterocycles. The largest absolute Gasteiger partial charge is 0.444 e. The molecule has 1 unspecified atom stereocenters. The van der Waals surface area contributed by atoms with Gasteiger partial charge in [-0.2, -0.15) is 0 Å². The third kappa shape index (κ3) is 12.6. The second kappa shape index (κ2) is 11.7. The Bertz CT molecular complexity index is 390. The van der Waals surface area contributed by atoms with Gasteiger partial charge >= 0.3 is 6.09 Å². The number of ether oxygens (including phenoxy) is 2. The number of amides is 1. The van der Waals surface area contributed by atoms with Gasteiger partial charge in [0.25, 0.3) is 0 Å². The molecule has 144 valence electrons. The Kier molecular flexibility index (Phi) is 12.4. The van der Waals surface area contributed by atoms with Crippen LogP contribution in [0.15, 0.2) is 4.99 Å². The second-order valence-corrected chi connectivity index (χ2v) is 7.40. The molecule has 24 heavy (non-hydrogen) atoms. The summed E-state index contributed by atoms with van der Waals surface area (Å²) in [6.07, 6.45) is -0.352. The lowest BCUT2D eigenvalue weighted by Crippen LogP contribution is -2.47. The van der Waals surface area contributed by atoms with E-state index in [1.54, 1.807) is 14.2 Å². The molecule has 0 spiro atoms. The van der Waals surface area contributed by atoms with Crippen molar-refractivity contribution in [3.05, 3.63) is 0 Å². The lowest BCUT2D eigenvalue weighted by molar-refractivity contribution is 0.0205. The first kappa shape index (κ1) is 25.5. The minimum atomic E-state index is -0.489. The molecule has 0 fully saturated rings. The van der Waals surface area contributed by atoms with Crippen molar-refractivity contribution < 1.29 is 14.3 Å². The molecular weight excluding hydrogens is 423 g/mol. The Labute approximate surface area is 163 Å². The fourth-order valence-corrected chi connectivity index (χ4v) is 1.81. The summed E-state index contributed by atoms with van der Waals surface area (Å²) in [7, 11) is 3.41. The van der Waals surface area contributed by atoms with Gasteiger partial charge in [0.15, 0.2) is 5.96 Å². The first-order chi connectivity index (χ1) is 10.5. The molecule has 7 nitrogen and oxygen atoms in total. The normalized spacial score (nSPS) is 13.6. The van der Waals surface area contributed by atoms with Gasteiger partial charge in [0.05, 0.1) is 6.10 Å². The molecule has 0 saturated carbocycles. The molecule has 0 aromatic heterocycles. The number of rotatable bonds is 6. The molecule has 8 heteroatoms. The second-order valence-electron chi connectivity index (χ2n) is 7.40.